The number of thiophene rings is 1. The maximum Gasteiger partial charge on any atom is 0.160 e. The van der Waals surface area contributed by atoms with Crippen LogP contribution in [0.3, 0.4) is 0 Å². The molecule has 0 fully saturated rings. The van der Waals surface area contributed by atoms with Crippen LogP contribution in [0.5, 0.6) is 0 Å². The molecular formula is C24H15N3S. The lowest BCUT2D eigenvalue weighted by Crippen LogP contribution is -2.00. The van der Waals surface area contributed by atoms with E-state index in [-0.39, 0.29) is 0 Å². The van der Waals surface area contributed by atoms with Crippen LogP contribution in [0.25, 0.3) is 49.0 Å². The van der Waals surface area contributed by atoms with Crippen LogP contribution in [0.2, 0.25) is 0 Å². The summed E-state index contributed by atoms with van der Waals surface area (Å²) in [6.45, 7) is 0. The fourth-order valence-corrected chi connectivity index (χ4v) is 4.74. The smallest absolute Gasteiger partial charge is 0.160 e. The summed E-state index contributed by atoms with van der Waals surface area (Å²) in [5.74, 6) is 0.838. The minimum Gasteiger partial charge on any atom is -0.292 e. The average molecular weight is 377 g/mol. The molecule has 0 bridgehead atoms. The molecule has 132 valence electrons. The largest absolute Gasteiger partial charge is 0.292 e. The van der Waals surface area contributed by atoms with Gasteiger partial charge in [-0.2, -0.15) is 0 Å². The van der Waals surface area contributed by atoms with Crippen LogP contribution in [0.1, 0.15) is 0 Å². The van der Waals surface area contributed by atoms with E-state index >= 15 is 0 Å². The molecule has 0 spiro atoms. The predicted octanol–water partition coefficient (Wildman–Crippen LogP) is 6.46. The van der Waals surface area contributed by atoms with Gasteiger partial charge in [0.05, 0.1) is 16.7 Å². The van der Waals surface area contributed by atoms with Gasteiger partial charge >= 0.3 is 0 Å². The van der Waals surface area contributed by atoms with Gasteiger partial charge in [-0.05, 0) is 35.7 Å². The highest BCUT2D eigenvalue weighted by Gasteiger charge is 2.16. The van der Waals surface area contributed by atoms with Gasteiger partial charge in [0, 0.05) is 26.4 Å². The Balaban J connectivity index is 1.66. The second kappa shape index (κ2) is 6.01. The van der Waals surface area contributed by atoms with E-state index in [2.05, 4.69) is 80.8 Å². The van der Waals surface area contributed by atoms with E-state index in [0.29, 0.717) is 0 Å². The third-order valence-electron chi connectivity index (χ3n) is 5.21. The third kappa shape index (κ3) is 2.22. The number of hydrogen-bond donors (Lipinski definition) is 0. The second-order valence-electron chi connectivity index (χ2n) is 6.79. The van der Waals surface area contributed by atoms with Crippen LogP contribution in [-0.4, -0.2) is 14.8 Å². The summed E-state index contributed by atoms with van der Waals surface area (Å²) in [6, 6.07) is 29.4. The van der Waals surface area contributed by atoms with E-state index in [9.17, 15) is 0 Å². The Labute approximate surface area is 165 Å². The monoisotopic (exact) mass is 377 g/mol. The molecule has 28 heavy (non-hydrogen) atoms. The Morgan fingerprint density at radius 1 is 0.643 bits per heavy atom. The SMILES string of the molecule is c1ccc(-c2ccc(-n3c4ccccc4c4ccc5sccc5c43)nn2)cc1. The molecule has 0 atom stereocenters. The van der Waals surface area contributed by atoms with Crippen LogP contribution in [0.15, 0.2) is 90.3 Å². The number of para-hydroxylation sites is 1. The van der Waals surface area contributed by atoms with E-state index in [1.54, 1.807) is 11.3 Å². The lowest BCUT2D eigenvalue weighted by Gasteiger charge is -2.08. The van der Waals surface area contributed by atoms with Gasteiger partial charge in [0.2, 0.25) is 0 Å². The van der Waals surface area contributed by atoms with Crippen molar-refractivity contribution in [2.24, 2.45) is 0 Å². The minimum absolute atomic E-state index is 0.838. The zero-order valence-electron chi connectivity index (χ0n) is 14.9. The van der Waals surface area contributed by atoms with E-state index in [1.807, 2.05) is 24.3 Å². The van der Waals surface area contributed by atoms with Gasteiger partial charge in [-0.25, -0.2) is 0 Å². The topological polar surface area (TPSA) is 30.7 Å². The van der Waals surface area contributed by atoms with Crippen molar-refractivity contribution in [2.45, 2.75) is 0 Å². The Bertz CT molecular complexity index is 1440. The highest BCUT2D eigenvalue weighted by atomic mass is 32.1. The fourth-order valence-electron chi connectivity index (χ4n) is 3.95. The van der Waals surface area contributed by atoms with Crippen molar-refractivity contribution in [3.05, 3.63) is 90.3 Å². The molecule has 0 N–H and O–H groups in total. The highest BCUT2D eigenvalue weighted by Crippen LogP contribution is 2.37. The molecule has 4 heteroatoms. The molecule has 3 nitrogen and oxygen atoms in total. The van der Waals surface area contributed by atoms with E-state index < -0.39 is 0 Å². The maximum absolute atomic E-state index is 4.61. The Morgan fingerprint density at radius 3 is 2.36 bits per heavy atom. The molecule has 0 saturated carbocycles. The molecule has 0 saturated heterocycles. The lowest BCUT2D eigenvalue weighted by atomic mass is 10.1. The van der Waals surface area contributed by atoms with Gasteiger partial charge in [0.1, 0.15) is 0 Å². The standard InChI is InChI=1S/C24H15N3S/c1-2-6-16(7-3-1)20-11-13-23(26-25-20)27-21-9-5-4-8-17(21)18-10-12-22-19(24(18)27)14-15-28-22/h1-15H. The number of rotatable bonds is 2. The average Bonchev–Trinajstić information content (AvgIpc) is 3.37. The van der Waals surface area contributed by atoms with Crippen molar-refractivity contribution in [2.75, 3.05) is 0 Å². The molecule has 0 aliphatic carbocycles. The summed E-state index contributed by atoms with van der Waals surface area (Å²) >= 11 is 1.77. The summed E-state index contributed by atoms with van der Waals surface area (Å²) in [4.78, 5) is 0. The Morgan fingerprint density at radius 2 is 1.50 bits per heavy atom. The van der Waals surface area contributed by atoms with Crippen LogP contribution >= 0.6 is 11.3 Å². The molecule has 3 aromatic heterocycles. The molecule has 0 unspecified atom stereocenters. The van der Waals surface area contributed by atoms with Crippen molar-refractivity contribution in [3.8, 4) is 17.1 Å². The number of hydrogen-bond acceptors (Lipinski definition) is 3. The molecule has 3 heterocycles. The summed E-state index contributed by atoms with van der Waals surface area (Å²) in [5.41, 5.74) is 4.30. The van der Waals surface area contributed by atoms with Gasteiger partial charge in [-0.15, -0.1) is 21.5 Å². The van der Waals surface area contributed by atoms with Crippen molar-refractivity contribution in [1.82, 2.24) is 14.8 Å². The first-order valence-corrected chi connectivity index (χ1v) is 10.1. The lowest BCUT2D eigenvalue weighted by molar-refractivity contribution is 0.959. The Hall–Kier alpha value is -3.50. The van der Waals surface area contributed by atoms with E-state index in [4.69, 9.17) is 0 Å². The molecule has 6 rings (SSSR count). The minimum atomic E-state index is 0.838. The van der Waals surface area contributed by atoms with Gasteiger partial charge in [-0.3, -0.25) is 4.57 Å². The summed E-state index contributed by atoms with van der Waals surface area (Å²) < 4.78 is 3.52. The normalized spacial score (nSPS) is 11.6. The first-order chi connectivity index (χ1) is 13.9. The fraction of sp³-hybridized carbons (Fsp3) is 0. The molecule has 6 aromatic rings. The van der Waals surface area contributed by atoms with E-state index in [0.717, 1.165) is 22.6 Å². The van der Waals surface area contributed by atoms with Gasteiger partial charge in [0.25, 0.3) is 0 Å². The molecule has 0 radical (unpaired) electrons. The zero-order chi connectivity index (χ0) is 18.5. The van der Waals surface area contributed by atoms with Crippen LogP contribution < -0.4 is 0 Å². The summed E-state index contributed by atoms with van der Waals surface area (Å²) in [7, 11) is 0. The summed E-state index contributed by atoms with van der Waals surface area (Å²) in [5, 5.41) is 15.0. The van der Waals surface area contributed by atoms with E-state index in [1.165, 1.54) is 26.4 Å². The third-order valence-corrected chi connectivity index (χ3v) is 6.10. The predicted molar refractivity (Wildman–Crippen MR) is 117 cm³/mol. The van der Waals surface area contributed by atoms with Crippen molar-refractivity contribution in [1.29, 1.82) is 0 Å². The van der Waals surface area contributed by atoms with Crippen LogP contribution in [-0.2, 0) is 0 Å². The van der Waals surface area contributed by atoms with Crippen molar-refractivity contribution in [3.63, 3.8) is 0 Å². The first-order valence-electron chi connectivity index (χ1n) is 9.19. The van der Waals surface area contributed by atoms with Crippen LogP contribution in [0.4, 0.5) is 0 Å². The number of fused-ring (bicyclic) bond motifs is 5. The van der Waals surface area contributed by atoms with Crippen LogP contribution in [0, 0.1) is 0 Å². The Kier molecular flexibility index (Phi) is 3.34. The quantitative estimate of drug-likeness (QED) is 0.347. The number of aromatic nitrogens is 3. The second-order valence-corrected chi connectivity index (χ2v) is 7.74. The molecule has 3 aromatic carbocycles. The highest BCUT2D eigenvalue weighted by molar-refractivity contribution is 7.17. The molecule has 0 aliphatic heterocycles. The summed E-state index contributed by atoms with van der Waals surface area (Å²) in [6.07, 6.45) is 0. The van der Waals surface area contributed by atoms with Gasteiger partial charge < -0.3 is 0 Å². The first kappa shape index (κ1) is 15.5. The number of benzene rings is 3. The van der Waals surface area contributed by atoms with Gasteiger partial charge in [0.15, 0.2) is 5.82 Å². The molecular weight excluding hydrogens is 362 g/mol. The number of nitrogens with zero attached hydrogens (tertiary/aromatic N) is 3. The van der Waals surface area contributed by atoms with Crippen molar-refractivity contribution < 1.29 is 0 Å². The molecule has 0 amide bonds. The van der Waals surface area contributed by atoms with Gasteiger partial charge in [-0.1, -0.05) is 54.6 Å². The zero-order valence-corrected chi connectivity index (χ0v) is 15.7. The van der Waals surface area contributed by atoms with Crippen molar-refractivity contribution >= 4 is 43.2 Å². The molecule has 0 aliphatic rings. The maximum atomic E-state index is 4.61.